The molecule has 23 heavy (non-hydrogen) atoms. The van der Waals surface area contributed by atoms with E-state index >= 15 is 0 Å². The van der Waals surface area contributed by atoms with Gasteiger partial charge in [-0.2, -0.15) is 0 Å². The van der Waals surface area contributed by atoms with Crippen molar-refractivity contribution in [2.24, 2.45) is 10.9 Å². The van der Waals surface area contributed by atoms with Crippen molar-refractivity contribution in [1.82, 2.24) is 10.2 Å². The summed E-state index contributed by atoms with van der Waals surface area (Å²) in [4.78, 5) is 6.81. The van der Waals surface area contributed by atoms with Gasteiger partial charge in [0.2, 0.25) is 0 Å². The summed E-state index contributed by atoms with van der Waals surface area (Å²) in [6.07, 6.45) is 9.42. The normalized spacial score (nSPS) is 26.2. The Bertz CT molecular complexity index is 363. The summed E-state index contributed by atoms with van der Waals surface area (Å²) in [6.45, 7) is 4.83. The summed E-state index contributed by atoms with van der Waals surface area (Å²) in [7, 11) is 1.89. The number of ether oxygens (including phenoxy) is 2. The van der Waals surface area contributed by atoms with E-state index in [4.69, 9.17) is 9.47 Å². The molecule has 2 saturated heterocycles. The van der Waals surface area contributed by atoms with Gasteiger partial charge in [0, 0.05) is 33.3 Å². The van der Waals surface area contributed by atoms with Gasteiger partial charge in [0.1, 0.15) is 0 Å². The molecule has 0 aromatic rings. The van der Waals surface area contributed by atoms with Crippen LogP contribution in [-0.4, -0.2) is 63.0 Å². The molecular formula is C17H32IN3O2. The van der Waals surface area contributed by atoms with E-state index in [0.29, 0.717) is 12.2 Å². The second kappa shape index (κ2) is 10.0. The molecule has 0 spiro atoms. The van der Waals surface area contributed by atoms with Crippen LogP contribution in [0.2, 0.25) is 0 Å². The molecule has 0 aromatic carbocycles. The first-order chi connectivity index (χ1) is 10.8. The lowest BCUT2D eigenvalue weighted by Gasteiger charge is -2.34. The van der Waals surface area contributed by atoms with Crippen molar-refractivity contribution in [3.05, 3.63) is 0 Å². The van der Waals surface area contributed by atoms with Gasteiger partial charge < -0.3 is 19.7 Å². The molecule has 1 N–H and O–H groups in total. The average Bonchev–Trinajstić information content (AvgIpc) is 3.23. The molecule has 1 atom stereocenters. The van der Waals surface area contributed by atoms with Crippen molar-refractivity contribution in [2.75, 3.05) is 39.9 Å². The number of guanidine groups is 1. The van der Waals surface area contributed by atoms with Crippen LogP contribution < -0.4 is 5.32 Å². The van der Waals surface area contributed by atoms with Crippen LogP contribution in [0.25, 0.3) is 0 Å². The van der Waals surface area contributed by atoms with E-state index in [1.165, 1.54) is 25.7 Å². The van der Waals surface area contributed by atoms with Crippen molar-refractivity contribution in [3.63, 3.8) is 0 Å². The monoisotopic (exact) mass is 437 g/mol. The summed E-state index contributed by atoms with van der Waals surface area (Å²) in [5, 5.41) is 3.52. The zero-order valence-electron chi connectivity index (χ0n) is 14.3. The molecule has 0 amide bonds. The maximum atomic E-state index is 6.04. The van der Waals surface area contributed by atoms with Crippen LogP contribution in [0.4, 0.5) is 0 Å². The quantitative estimate of drug-likeness (QED) is 0.394. The van der Waals surface area contributed by atoms with Crippen molar-refractivity contribution in [1.29, 1.82) is 0 Å². The van der Waals surface area contributed by atoms with Crippen LogP contribution in [0.3, 0.4) is 0 Å². The fourth-order valence-electron chi connectivity index (χ4n) is 3.38. The third-order valence-electron chi connectivity index (χ3n) is 5.03. The van der Waals surface area contributed by atoms with E-state index in [1.807, 2.05) is 7.05 Å². The van der Waals surface area contributed by atoms with Gasteiger partial charge in [0.25, 0.3) is 0 Å². The highest BCUT2D eigenvalue weighted by Gasteiger charge is 2.25. The first-order valence-electron chi connectivity index (χ1n) is 9.04. The Balaban J connectivity index is 0.00000192. The van der Waals surface area contributed by atoms with Gasteiger partial charge in [-0.1, -0.05) is 12.8 Å². The predicted molar refractivity (Wildman–Crippen MR) is 104 cm³/mol. The molecular weight excluding hydrogens is 405 g/mol. The summed E-state index contributed by atoms with van der Waals surface area (Å²) in [5.41, 5.74) is 0. The zero-order chi connectivity index (χ0) is 15.2. The lowest BCUT2D eigenvalue weighted by atomic mass is 10.1. The van der Waals surface area contributed by atoms with E-state index in [2.05, 4.69) is 15.2 Å². The van der Waals surface area contributed by atoms with Crippen molar-refractivity contribution >= 4 is 29.9 Å². The van der Waals surface area contributed by atoms with Gasteiger partial charge >= 0.3 is 0 Å². The highest BCUT2D eigenvalue weighted by Crippen LogP contribution is 2.31. The number of piperidine rings is 1. The van der Waals surface area contributed by atoms with Crippen LogP contribution >= 0.6 is 24.0 Å². The molecule has 0 bridgehead atoms. The number of nitrogens with zero attached hydrogens (tertiary/aromatic N) is 2. The summed E-state index contributed by atoms with van der Waals surface area (Å²) in [5.74, 6) is 2.04. The van der Waals surface area contributed by atoms with Gasteiger partial charge in [0.05, 0.1) is 18.8 Å². The number of likely N-dealkylation sites (tertiary alicyclic amines) is 1. The smallest absolute Gasteiger partial charge is 0.193 e. The van der Waals surface area contributed by atoms with Gasteiger partial charge in [-0.25, -0.2) is 0 Å². The standard InChI is InChI=1S/C17H31N3O2.HI/c1-18-17(19-9-6-14-4-5-14)20-10-7-15(8-11-20)22-13-16-3-2-12-21-16;/h14-16H,2-13H2,1H3,(H,18,19);1H. The number of rotatable bonds is 6. The van der Waals surface area contributed by atoms with E-state index in [-0.39, 0.29) is 24.0 Å². The molecule has 1 saturated carbocycles. The van der Waals surface area contributed by atoms with Crippen LogP contribution in [0, 0.1) is 5.92 Å². The van der Waals surface area contributed by atoms with Gasteiger partial charge in [-0.3, -0.25) is 4.99 Å². The minimum atomic E-state index is 0. The minimum Gasteiger partial charge on any atom is -0.376 e. The maximum Gasteiger partial charge on any atom is 0.193 e. The topological polar surface area (TPSA) is 46.1 Å². The fourth-order valence-corrected chi connectivity index (χ4v) is 3.38. The van der Waals surface area contributed by atoms with E-state index in [1.54, 1.807) is 0 Å². The predicted octanol–water partition coefficient (Wildman–Crippen LogP) is 2.64. The largest absolute Gasteiger partial charge is 0.376 e. The maximum absolute atomic E-state index is 6.04. The Labute approximate surface area is 157 Å². The molecule has 1 aliphatic carbocycles. The molecule has 6 heteroatoms. The molecule has 0 aromatic heterocycles. The van der Waals surface area contributed by atoms with Crippen molar-refractivity contribution in [3.8, 4) is 0 Å². The second-order valence-corrected chi connectivity index (χ2v) is 6.86. The zero-order valence-corrected chi connectivity index (χ0v) is 16.7. The highest BCUT2D eigenvalue weighted by atomic mass is 127. The number of halogens is 1. The SMILES string of the molecule is CN=C(NCCC1CC1)N1CCC(OCC2CCCO2)CC1.I. The Kier molecular flexibility index (Phi) is 8.40. The molecule has 134 valence electrons. The molecule has 0 radical (unpaired) electrons. The molecule has 1 unspecified atom stereocenters. The summed E-state index contributed by atoms with van der Waals surface area (Å²) < 4.78 is 11.7. The molecule has 3 rings (SSSR count). The van der Waals surface area contributed by atoms with Crippen LogP contribution in [-0.2, 0) is 9.47 Å². The molecule has 3 aliphatic rings. The first kappa shape index (κ1) is 19.2. The van der Waals surface area contributed by atoms with Crippen LogP contribution in [0.5, 0.6) is 0 Å². The Morgan fingerprint density at radius 2 is 2.00 bits per heavy atom. The summed E-state index contributed by atoms with van der Waals surface area (Å²) in [6, 6.07) is 0. The van der Waals surface area contributed by atoms with Crippen LogP contribution in [0.1, 0.15) is 44.9 Å². The Morgan fingerprint density at radius 1 is 1.22 bits per heavy atom. The number of aliphatic imine (C=N–C) groups is 1. The lowest BCUT2D eigenvalue weighted by Crippen LogP contribution is -2.47. The first-order valence-corrected chi connectivity index (χ1v) is 9.04. The van der Waals surface area contributed by atoms with Gasteiger partial charge in [-0.15, -0.1) is 24.0 Å². The molecule has 2 aliphatic heterocycles. The van der Waals surface area contributed by atoms with E-state index < -0.39 is 0 Å². The van der Waals surface area contributed by atoms with E-state index in [9.17, 15) is 0 Å². The second-order valence-electron chi connectivity index (χ2n) is 6.86. The molecule has 2 heterocycles. The van der Waals surface area contributed by atoms with Gasteiger partial charge in [-0.05, 0) is 38.0 Å². The Morgan fingerprint density at radius 3 is 2.61 bits per heavy atom. The lowest BCUT2D eigenvalue weighted by molar-refractivity contribution is -0.0367. The highest BCUT2D eigenvalue weighted by molar-refractivity contribution is 14.0. The van der Waals surface area contributed by atoms with Crippen molar-refractivity contribution < 1.29 is 9.47 Å². The average molecular weight is 437 g/mol. The third-order valence-corrected chi connectivity index (χ3v) is 5.03. The van der Waals surface area contributed by atoms with Gasteiger partial charge in [0.15, 0.2) is 5.96 Å². The number of nitrogens with one attached hydrogen (secondary N) is 1. The fraction of sp³-hybridized carbons (Fsp3) is 0.941. The summed E-state index contributed by atoms with van der Waals surface area (Å²) >= 11 is 0. The van der Waals surface area contributed by atoms with E-state index in [0.717, 1.165) is 64.0 Å². The number of hydrogen-bond acceptors (Lipinski definition) is 3. The molecule has 3 fully saturated rings. The van der Waals surface area contributed by atoms with Crippen LogP contribution in [0.15, 0.2) is 4.99 Å². The Hall–Kier alpha value is -0.0800. The van der Waals surface area contributed by atoms with Crippen molar-refractivity contribution in [2.45, 2.75) is 57.2 Å². The number of hydrogen-bond donors (Lipinski definition) is 1. The third kappa shape index (κ3) is 6.38. The minimum absolute atomic E-state index is 0. The molecule has 5 nitrogen and oxygen atoms in total.